The molecule has 0 bridgehead atoms. The summed E-state index contributed by atoms with van der Waals surface area (Å²) in [5, 5.41) is 14.2. The zero-order chi connectivity index (χ0) is 18.5. The van der Waals surface area contributed by atoms with Crippen LogP contribution in [0.2, 0.25) is 0 Å². The molecule has 0 radical (unpaired) electrons. The van der Waals surface area contributed by atoms with Gasteiger partial charge in [0.05, 0.1) is 18.0 Å². The molecule has 136 valence electrons. The van der Waals surface area contributed by atoms with Gasteiger partial charge in [0, 0.05) is 43.3 Å². The van der Waals surface area contributed by atoms with Gasteiger partial charge in [0.25, 0.3) is 0 Å². The monoisotopic (exact) mass is 350 g/mol. The Labute approximate surface area is 154 Å². The highest BCUT2D eigenvalue weighted by atomic mass is 16.3. The molecule has 5 nitrogen and oxygen atoms in total. The Morgan fingerprint density at radius 2 is 1.85 bits per heavy atom. The van der Waals surface area contributed by atoms with Gasteiger partial charge in [0.15, 0.2) is 0 Å². The number of aromatic nitrogens is 3. The molecular formula is C21H26N4O. The molecule has 1 N–H and O–H groups in total. The van der Waals surface area contributed by atoms with Gasteiger partial charge in [0.1, 0.15) is 0 Å². The highest BCUT2D eigenvalue weighted by Gasteiger charge is 2.17. The maximum Gasteiger partial charge on any atom is 0.0678 e. The third-order valence-corrected chi connectivity index (χ3v) is 4.71. The van der Waals surface area contributed by atoms with Crippen LogP contribution in [0.5, 0.6) is 0 Å². The Morgan fingerprint density at radius 3 is 2.54 bits per heavy atom. The van der Waals surface area contributed by atoms with Gasteiger partial charge in [-0.3, -0.25) is 9.88 Å². The number of rotatable bonds is 7. The predicted molar refractivity (Wildman–Crippen MR) is 103 cm³/mol. The summed E-state index contributed by atoms with van der Waals surface area (Å²) in [6.45, 7) is 8.52. The van der Waals surface area contributed by atoms with E-state index in [0.717, 1.165) is 35.7 Å². The molecule has 1 aromatic carbocycles. The molecule has 5 heteroatoms. The fraction of sp³-hybridized carbons (Fsp3) is 0.333. The van der Waals surface area contributed by atoms with Crippen molar-refractivity contribution in [2.75, 3.05) is 13.2 Å². The van der Waals surface area contributed by atoms with Gasteiger partial charge in [-0.1, -0.05) is 24.3 Å². The summed E-state index contributed by atoms with van der Waals surface area (Å²) in [6, 6.07) is 12.3. The molecule has 0 aliphatic carbocycles. The third kappa shape index (κ3) is 4.00. The van der Waals surface area contributed by atoms with Gasteiger partial charge < -0.3 is 5.11 Å². The fourth-order valence-electron chi connectivity index (χ4n) is 3.27. The number of aliphatic hydroxyl groups excluding tert-OH is 1. The van der Waals surface area contributed by atoms with Crippen LogP contribution in [0, 0.1) is 20.8 Å². The lowest BCUT2D eigenvalue weighted by molar-refractivity contribution is 0.183. The Balaban J connectivity index is 1.87. The summed E-state index contributed by atoms with van der Waals surface area (Å²) in [5.74, 6) is 0. The molecular weight excluding hydrogens is 324 g/mol. The van der Waals surface area contributed by atoms with Crippen molar-refractivity contribution < 1.29 is 5.11 Å². The maximum absolute atomic E-state index is 9.47. The smallest absolute Gasteiger partial charge is 0.0678 e. The highest BCUT2D eigenvalue weighted by Crippen LogP contribution is 2.22. The lowest BCUT2D eigenvalue weighted by atomic mass is 10.1. The number of nitrogens with zero attached hydrogens (tertiary/aromatic N) is 4. The number of pyridine rings is 1. The lowest BCUT2D eigenvalue weighted by Gasteiger charge is -2.21. The molecule has 26 heavy (non-hydrogen) atoms. The van der Waals surface area contributed by atoms with Crippen LogP contribution in [0.25, 0.3) is 5.69 Å². The number of benzene rings is 1. The first kappa shape index (κ1) is 18.3. The summed E-state index contributed by atoms with van der Waals surface area (Å²) in [6.07, 6.45) is 3.65. The molecule has 0 aliphatic rings. The van der Waals surface area contributed by atoms with Crippen LogP contribution in [-0.2, 0) is 13.1 Å². The lowest BCUT2D eigenvalue weighted by Crippen LogP contribution is -2.26. The Kier molecular flexibility index (Phi) is 5.81. The van der Waals surface area contributed by atoms with Gasteiger partial charge >= 0.3 is 0 Å². The van der Waals surface area contributed by atoms with Crippen LogP contribution in [0.1, 0.15) is 28.1 Å². The van der Waals surface area contributed by atoms with E-state index in [1.165, 1.54) is 11.1 Å². The number of aliphatic hydroxyl groups is 1. The van der Waals surface area contributed by atoms with Crippen LogP contribution in [0.15, 0.2) is 48.8 Å². The van der Waals surface area contributed by atoms with Gasteiger partial charge in [-0.05, 0) is 44.0 Å². The molecule has 0 fully saturated rings. The van der Waals surface area contributed by atoms with E-state index >= 15 is 0 Å². The number of hydrogen-bond donors (Lipinski definition) is 1. The van der Waals surface area contributed by atoms with Crippen LogP contribution in [0.3, 0.4) is 0 Å². The van der Waals surface area contributed by atoms with E-state index in [1.807, 2.05) is 29.1 Å². The predicted octanol–water partition coefficient (Wildman–Crippen LogP) is 3.19. The second kappa shape index (κ2) is 8.25. The second-order valence-corrected chi connectivity index (χ2v) is 6.64. The summed E-state index contributed by atoms with van der Waals surface area (Å²) >= 11 is 0. The quantitative estimate of drug-likeness (QED) is 0.711. The third-order valence-electron chi connectivity index (χ3n) is 4.71. The number of para-hydroxylation sites is 1. The molecule has 3 rings (SSSR count). The van der Waals surface area contributed by atoms with Crippen molar-refractivity contribution >= 4 is 0 Å². The minimum Gasteiger partial charge on any atom is -0.395 e. The summed E-state index contributed by atoms with van der Waals surface area (Å²) in [4.78, 5) is 6.42. The topological polar surface area (TPSA) is 54.2 Å². The van der Waals surface area contributed by atoms with Gasteiger partial charge in [0.2, 0.25) is 0 Å². The molecule has 0 saturated heterocycles. The summed E-state index contributed by atoms with van der Waals surface area (Å²) in [7, 11) is 0. The Bertz CT molecular complexity index is 858. The first-order chi connectivity index (χ1) is 12.6. The summed E-state index contributed by atoms with van der Waals surface area (Å²) < 4.78 is 2.03. The van der Waals surface area contributed by atoms with Gasteiger partial charge in [-0.15, -0.1) is 0 Å². The molecule has 0 atom stereocenters. The molecule has 0 aliphatic heterocycles. The van der Waals surface area contributed by atoms with Crippen molar-refractivity contribution in [3.8, 4) is 5.69 Å². The minimum absolute atomic E-state index is 0.129. The fourth-order valence-corrected chi connectivity index (χ4v) is 3.27. The number of aryl methyl sites for hydroxylation is 2. The van der Waals surface area contributed by atoms with Crippen molar-refractivity contribution in [2.24, 2.45) is 0 Å². The van der Waals surface area contributed by atoms with Gasteiger partial charge in [-0.2, -0.15) is 5.10 Å². The molecule has 2 heterocycles. The van der Waals surface area contributed by atoms with Crippen LogP contribution in [-0.4, -0.2) is 37.9 Å². The van der Waals surface area contributed by atoms with E-state index in [-0.39, 0.29) is 6.61 Å². The van der Waals surface area contributed by atoms with E-state index in [0.29, 0.717) is 6.54 Å². The molecule has 2 aromatic heterocycles. The van der Waals surface area contributed by atoms with Crippen molar-refractivity contribution in [2.45, 2.75) is 33.9 Å². The maximum atomic E-state index is 9.47. The largest absolute Gasteiger partial charge is 0.395 e. The second-order valence-electron chi connectivity index (χ2n) is 6.64. The van der Waals surface area contributed by atoms with E-state index < -0.39 is 0 Å². The van der Waals surface area contributed by atoms with E-state index in [1.54, 1.807) is 6.20 Å². The first-order valence-electron chi connectivity index (χ1n) is 8.93. The Morgan fingerprint density at radius 1 is 1.04 bits per heavy atom. The first-order valence-corrected chi connectivity index (χ1v) is 8.93. The van der Waals surface area contributed by atoms with Crippen LogP contribution < -0.4 is 0 Å². The average Bonchev–Trinajstić information content (AvgIpc) is 2.91. The highest BCUT2D eigenvalue weighted by molar-refractivity contribution is 5.42. The molecule has 0 amide bonds. The van der Waals surface area contributed by atoms with Crippen LogP contribution >= 0.6 is 0 Å². The number of hydrogen-bond acceptors (Lipinski definition) is 4. The Hall–Kier alpha value is -2.50. The van der Waals surface area contributed by atoms with E-state index in [4.69, 9.17) is 5.10 Å². The zero-order valence-corrected chi connectivity index (χ0v) is 15.7. The minimum atomic E-state index is 0.129. The van der Waals surface area contributed by atoms with Crippen molar-refractivity contribution in [1.82, 2.24) is 19.7 Å². The zero-order valence-electron chi connectivity index (χ0n) is 15.7. The molecule has 0 spiro atoms. The molecule has 0 saturated carbocycles. The van der Waals surface area contributed by atoms with E-state index in [9.17, 15) is 5.11 Å². The standard InChI is InChI=1S/C21H26N4O/c1-16-7-4-5-9-21(16)25-18(3)20(17(2)23-25)15-24(11-12-26)14-19-8-6-10-22-13-19/h4-10,13,26H,11-12,14-15H2,1-3H3. The van der Waals surface area contributed by atoms with E-state index in [2.05, 4.69) is 48.9 Å². The van der Waals surface area contributed by atoms with Gasteiger partial charge in [-0.25, -0.2) is 4.68 Å². The SMILES string of the molecule is Cc1ccccc1-n1nc(C)c(CN(CCO)Cc2cccnc2)c1C. The van der Waals surface area contributed by atoms with Crippen molar-refractivity contribution in [3.63, 3.8) is 0 Å². The van der Waals surface area contributed by atoms with Crippen LogP contribution in [0.4, 0.5) is 0 Å². The van der Waals surface area contributed by atoms with Crippen molar-refractivity contribution in [1.29, 1.82) is 0 Å². The van der Waals surface area contributed by atoms with Crippen molar-refractivity contribution in [3.05, 3.63) is 76.9 Å². The molecule has 0 unspecified atom stereocenters. The average molecular weight is 350 g/mol. The normalized spacial score (nSPS) is 11.3. The summed E-state index contributed by atoms with van der Waals surface area (Å²) in [5.41, 5.74) is 6.84. The molecule has 3 aromatic rings.